The van der Waals surface area contributed by atoms with Crippen molar-refractivity contribution in [3.05, 3.63) is 276 Å². The molecule has 0 aliphatic heterocycles. The minimum absolute atomic E-state index is 0.00756. The third-order valence-corrected chi connectivity index (χ3v) is 14.1. The molecule has 10 heteroatoms. The quantitative estimate of drug-likeness (QED) is 0.0778. The van der Waals surface area contributed by atoms with Crippen molar-refractivity contribution in [1.82, 2.24) is 0 Å². The summed E-state index contributed by atoms with van der Waals surface area (Å²) in [5, 5.41) is 23.8. The van der Waals surface area contributed by atoms with Gasteiger partial charge in [0.05, 0.1) is 70.5 Å². The molecule has 0 atom stereocenters. The van der Waals surface area contributed by atoms with Gasteiger partial charge in [-0.2, -0.15) is 10.5 Å². The highest BCUT2D eigenvalue weighted by atomic mass is 19.1. The SMILES string of the molecule is [C-]#[N+]c1cccc(-c2ccc(F)c(N(c3cc(-c4cccc([N+]#[C-])c4)ccc3F)c3ccc4ccc5c(N(c6cc(-c7cccc(C#N)c7)ccc6F)c6cc(-c7cccc(C#N)c7)ccc6F)ccc6ccc3c4c65)c2)c1. The second-order valence-electron chi connectivity index (χ2n) is 18.6. The first-order chi connectivity index (χ1) is 38.1. The maximum atomic E-state index is 17.0. The Morgan fingerprint density at radius 3 is 0.962 bits per heavy atom. The van der Waals surface area contributed by atoms with Crippen molar-refractivity contribution in [2.75, 3.05) is 9.80 Å². The highest BCUT2D eigenvalue weighted by molar-refractivity contribution is 6.28. The third-order valence-electron chi connectivity index (χ3n) is 14.1. The number of anilines is 6. The van der Waals surface area contributed by atoms with Crippen LogP contribution in [0.1, 0.15) is 11.1 Å². The molecule has 12 aromatic carbocycles. The molecule has 0 spiro atoms. The van der Waals surface area contributed by atoms with Crippen LogP contribution in [0.2, 0.25) is 0 Å². The van der Waals surface area contributed by atoms with Crippen LogP contribution >= 0.6 is 0 Å². The Labute approximate surface area is 446 Å². The van der Waals surface area contributed by atoms with E-state index < -0.39 is 23.3 Å². The molecule has 12 aromatic rings. The standard InChI is InChI=1S/C68H36F4N6/c1-75-53-13-5-11-47(33-53)51-19-27-59(71)65(37-51)78(66-38-52(20-28-60(66)72)48-12-6-14-54(34-48)76-2)62-30-22-44-15-23-55-61(29-21-43-16-24-56(62)68(44)67(43)55)77(63-35-49(17-25-57(63)69)45-9-3-7-41(31-45)39-73)64-36-50(18-26-58(64)70)46-10-4-8-42(32-46)40-74/h3-38H. The van der Waals surface area contributed by atoms with Crippen molar-refractivity contribution in [1.29, 1.82) is 10.5 Å². The topological polar surface area (TPSA) is 62.8 Å². The minimum Gasteiger partial charge on any atom is -0.304 e. The van der Waals surface area contributed by atoms with Gasteiger partial charge in [-0.3, -0.25) is 0 Å². The van der Waals surface area contributed by atoms with Crippen LogP contribution in [0.15, 0.2) is 218 Å². The van der Waals surface area contributed by atoms with Gasteiger partial charge < -0.3 is 9.80 Å². The Morgan fingerprint density at radius 2 is 0.628 bits per heavy atom. The molecule has 0 saturated carbocycles. The second kappa shape index (κ2) is 19.7. The predicted octanol–water partition coefficient (Wildman–Crippen LogP) is 19.6. The summed E-state index contributed by atoms with van der Waals surface area (Å²) in [7, 11) is 0. The molecule has 0 radical (unpaired) electrons. The van der Waals surface area contributed by atoms with Crippen LogP contribution in [0.25, 0.3) is 86.5 Å². The molecule has 0 aromatic heterocycles. The average molecular weight is 1010 g/mol. The predicted molar refractivity (Wildman–Crippen MR) is 303 cm³/mol. The van der Waals surface area contributed by atoms with E-state index in [-0.39, 0.29) is 22.7 Å². The molecular weight excluding hydrogens is 977 g/mol. The van der Waals surface area contributed by atoms with Crippen molar-refractivity contribution in [3.8, 4) is 56.6 Å². The van der Waals surface area contributed by atoms with Gasteiger partial charge >= 0.3 is 0 Å². The lowest BCUT2D eigenvalue weighted by Crippen LogP contribution is -2.15. The van der Waals surface area contributed by atoms with Gasteiger partial charge in [-0.05, 0) is 163 Å². The summed E-state index contributed by atoms with van der Waals surface area (Å²) in [5.74, 6) is -2.64. The zero-order valence-electron chi connectivity index (χ0n) is 41.0. The Balaban J connectivity index is 1.12. The van der Waals surface area contributed by atoms with Crippen molar-refractivity contribution < 1.29 is 17.6 Å². The number of rotatable bonds is 10. The summed E-state index contributed by atoms with van der Waals surface area (Å²) in [6.45, 7) is 15.3. The fraction of sp³-hybridized carbons (Fsp3) is 0. The first-order valence-electron chi connectivity index (χ1n) is 24.6. The van der Waals surface area contributed by atoms with Crippen LogP contribution in [0.5, 0.6) is 0 Å². The Morgan fingerprint density at radius 1 is 0.321 bits per heavy atom. The molecule has 0 N–H and O–H groups in total. The van der Waals surface area contributed by atoms with Gasteiger partial charge in [0, 0.05) is 10.8 Å². The van der Waals surface area contributed by atoms with Crippen LogP contribution < -0.4 is 9.80 Å². The van der Waals surface area contributed by atoms with Crippen molar-refractivity contribution >= 4 is 77.8 Å². The van der Waals surface area contributed by atoms with Gasteiger partial charge in [-0.25, -0.2) is 27.3 Å². The van der Waals surface area contributed by atoms with E-state index in [4.69, 9.17) is 13.1 Å². The molecule has 0 amide bonds. The number of nitriles is 2. The van der Waals surface area contributed by atoms with E-state index in [2.05, 4.69) is 21.8 Å². The smallest absolute Gasteiger partial charge is 0.187 e. The van der Waals surface area contributed by atoms with Gasteiger partial charge in [0.2, 0.25) is 0 Å². The largest absolute Gasteiger partial charge is 0.304 e. The van der Waals surface area contributed by atoms with Gasteiger partial charge in [-0.1, -0.05) is 121 Å². The molecule has 366 valence electrons. The van der Waals surface area contributed by atoms with Crippen molar-refractivity contribution in [3.63, 3.8) is 0 Å². The van der Waals surface area contributed by atoms with Crippen LogP contribution in [-0.2, 0) is 0 Å². The lowest BCUT2D eigenvalue weighted by atomic mass is 9.91. The maximum Gasteiger partial charge on any atom is 0.187 e. The molecule has 12 rings (SSSR count). The number of nitrogens with zero attached hydrogens (tertiary/aromatic N) is 6. The Hall–Kier alpha value is -11.0. The van der Waals surface area contributed by atoms with E-state index in [9.17, 15) is 10.5 Å². The Bertz CT molecular complexity index is 4090. The van der Waals surface area contributed by atoms with E-state index in [1.165, 1.54) is 24.3 Å². The molecule has 0 heterocycles. The summed E-state index contributed by atoms with van der Waals surface area (Å²) in [5.41, 5.74) is 7.33. The van der Waals surface area contributed by atoms with Crippen molar-refractivity contribution in [2.45, 2.75) is 0 Å². The lowest BCUT2D eigenvalue weighted by Gasteiger charge is -2.30. The maximum absolute atomic E-state index is 17.0. The highest BCUT2D eigenvalue weighted by Gasteiger charge is 2.28. The number of hydrogen-bond donors (Lipinski definition) is 0. The molecule has 0 bridgehead atoms. The molecular formula is C68H36F4N6. The fourth-order valence-corrected chi connectivity index (χ4v) is 10.4. The average Bonchev–Trinajstić information content (AvgIpc) is 3.66. The second-order valence-corrected chi connectivity index (χ2v) is 18.6. The first kappa shape index (κ1) is 47.9. The minimum atomic E-state index is -0.662. The normalized spacial score (nSPS) is 11.0. The van der Waals surface area contributed by atoms with E-state index in [0.29, 0.717) is 99.9 Å². The number of benzene rings is 12. The van der Waals surface area contributed by atoms with Crippen LogP contribution in [0, 0.1) is 59.1 Å². The summed E-state index contributed by atoms with van der Waals surface area (Å²) < 4.78 is 68.2. The van der Waals surface area contributed by atoms with Gasteiger partial charge in [-0.15, -0.1) is 0 Å². The van der Waals surface area contributed by atoms with Gasteiger partial charge in [0.15, 0.2) is 11.4 Å². The van der Waals surface area contributed by atoms with E-state index in [1.54, 1.807) is 131 Å². The van der Waals surface area contributed by atoms with Crippen LogP contribution in [0.3, 0.4) is 0 Å². The zero-order valence-corrected chi connectivity index (χ0v) is 41.0. The monoisotopic (exact) mass is 1010 g/mol. The van der Waals surface area contributed by atoms with Gasteiger partial charge in [0.1, 0.15) is 23.3 Å². The molecule has 0 aliphatic rings. The zero-order chi connectivity index (χ0) is 53.6. The first-order valence-corrected chi connectivity index (χ1v) is 24.6. The van der Waals surface area contributed by atoms with Crippen LogP contribution in [-0.4, -0.2) is 0 Å². The van der Waals surface area contributed by atoms with Gasteiger partial charge in [0.25, 0.3) is 0 Å². The molecule has 0 saturated heterocycles. The molecule has 78 heavy (non-hydrogen) atoms. The molecule has 6 nitrogen and oxygen atoms in total. The number of hydrogen-bond acceptors (Lipinski definition) is 4. The third kappa shape index (κ3) is 8.49. The Kier molecular flexibility index (Phi) is 12.1. The molecule has 0 unspecified atom stereocenters. The highest BCUT2D eigenvalue weighted by Crippen LogP contribution is 2.50. The summed E-state index contributed by atoms with van der Waals surface area (Å²) >= 11 is 0. The fourth-order valence-electron chi connectivity index (χ4n) is 10.4. The summed E-state index contributed by atoms with van der Waals surface area (Å²) in [4.78, 5) is 10.3. The van der Waals surface area contributed by atoms with E-state index >= 15 is 17.6 Å². The van der Waals surface area contributed by atoms with E-state index in [1.807, 2.05) is 72.8 Å². The lowest BCUT2D eigenvalue weighted by molar-refractivity contribution is 0.619. The van der Waals surface area contributed by atoms with E-state index in [0.717, 1.165) is 10.8 Å². The number of halogens is 4. The molecule has 0 fully saturated rings. The van der Waals surface area contributed by atoms with Crippen molar-refractivity contribution in [2.24, 2.45) is 0 Å². The van der Waals surface area contributed by atoms with Crippen LogP contribution in [0.4, 0.5) is 63.1 Å². The summed E-state index contributed by atoms with van der Waals surface area (Å²) in [6, 6.07) is 65.4. The molecule has 0 aliphatic carbocycles. The summed E-state index contributed by atoms with van der Waals surface area (Å²) in [6.07, 6.45) is 0.